The van der Waals surface area contributed by atoms with Gasteiger partial charge in [0.25, 0.3) is 5.91 Å². The van der Waals surface area contributed by atoms with Crippen LogP contribution in [0.5, 0.6) is 0 Å². The minimum absolute atomic E-state index is 0.101. The zero-order chi connectivity index (χ0) is 19.1. The first-order valence-electron chi connectivity index (χ1n) is 8.40. The van der Waals surface area contributed by atoms with Crippen molar-refractivity contribution in [2.24, 2.45) is 0 Å². The molecule has 0 heterocycles. The third-order valence-corrected chi connectivity index (χ3v) is 4.02. The largest absolute Gasteiger partial charge is 0.355 e. The van der Waals surface area contributed by atoms with Crippen LogP contribution >= 0.6 is 0 Å². The normalized spacial score (nSPS) is 10.7. The van der Waals surface area contributed by atoms with Crippen molar-refractivity contribution in [2.45, 2.75) is 20.0 Å². The number of rotatable bonds is 7. The highest BCUT2D eigenvalue weighted by molar-refractivity contribution is 5.93. The maximum atomic E-state index is 13.2. The lowest BCUT2D eigenvalue weighted by atomic mass is 10.1. The number of nitrogens with one attached hydrogen (secondary N) is 2. The standard InChI is InChI=1S/C20H24FN3O2/c1-14-10-16(6-9-18(14)21)11-23-19(25)13-24(3)12-15-4-7-17(8-5-15)20(26)22-2/h4-10H,11-13H2,1-3H3,(H,22,26)(H,23,25). The average molecular weight is 357 g/mol. The molecule has 0 saturated heterocycles. The molecule has 5 nitrogen and oxygen atoms in total. The van der Waals surface area contributed by atoms with Gasteiger partial charge in [-0.2, -0.15) is 0 Å². The van der Waals surface area contributed by atoms with Crippen LogP contribution in [0.2, 0.25) is 0 Å². The third kappa shape index (κ3) is 5.67. The molecular weight excluding hydrogens is 333 g/mol. The molecular formula is C20H24FN3O2. The number of benzene rings is 2. The van der Waals surface area contributed by atoms with Crippen molar-refractivity contribution in [2.75, 3.05) is 20.6 Å². The van der Waals surface area contributed by atoms with E-state index < -0.39 is 0 Å². The van der Waals surface area contributed by atoms with Crippen molar-refractivity contribution in [1.29, 1.82) is 0 Å². The highest BCUT2D eigenvalue weighted by Crippen LogP contribution is 2.09. The van der Waals surface area contributed by atoms with Gasteiger partial charge in [-0.05, 0) is 48.9 Å². The van der Waals surface area contributed by atoms with Gasteiger partial charge in [0, 0.05) is 25.7 Å². The fourth-order valence-corrected chi connectivity index (χ4v) is 2.59. The number of carbonyl (C=O) groups excluding carboxylic acids is 2. The molecule has 2 N–H and O–H groups in total. The Labute approximate surface area is 153 Å². The molecule has 6 heteroatoms. The van der Waals surface area contributed by atoms with Gasteiger partial charge in [-0.1, -0.05) is 24.3 Å². The summed E-state index contributed by atoms with van der Waals surface area (Å²) in [6.45, 7) is 2.91. The molecule has 0 bridgehead atoms. The number of carbonyl (C=O) groups is 2. The van der Waals surface area contributed by atoms with E-state index in [9.17, 15) is 14.0 Å². The topological polar surface area (TPSA) is 61.4 Å². The number of nitrogens with zero attached hydrogens (tertiary/aromatic N) is 1. The summed E-state index contributed by atoms with van der Waals surface area (Å²) in [4.78, 5) is 25.5. The molecule has 0 aliphatic heterocycles. The Bertz CT molecular complexity index is 775. The average Bonchev–Trinajstić information content (AvgIpc) is 2.62. The third-order valence-electron chi connectivity index (χ3n) is 4.02. The molecule has 0 spiro atoms. The summed E-state index contributed by atoms with van der Waals surface area (Å²) >= 11 is 0. The molecule has 0 aliphatic carbocycles. The first-order chi connectivity index (χ1) is 12.4. The monoisotopic (exact) mass is 357 g/mol. The van der Waals surface area contributed by atoms with Crippen molar-refractivity contribution in [3.63, 3.8) is 0 Å². The minimum Gasteiger partial charge on any atom is -0.355 e. The van der Waals surface area contributed by atoms with E-state index in [-0.39, 0.29) is 24.2 Å². The number of hydrogen-bond donors (Lipinski definition) is 2. The van der Waals surface area contributed by atoms with Gasteiger partial charge >= 0.3 is 0 Å². The van der Waals surface area contributed by atoms with Gasteiger partial charge < -0.3 is 10.6 Å². The Morgan fingerprint density at radius 2 is 1.73 bits per heavy atom. The van der Waals surface area contributed by atoms with E-state index >= 15 is 0 Å². The summed E-state index contributed by atoms with van der Waals surface area (Å²) in [5, 5.41) is 5.42. The van der Waals surface area contributed by atoms with Crippen molar-refractivity contribution >= 4 is 11.8 Å². The number of hydrogen-bond acceptors (Lipinski definition) is 3. The van der Waals surface area contributed by atoms with Gasteiger partial charge in [0.05, 0.1) is 6.54 Å². The number of aryl methyl sites for hydroxylation is 1. The molecule has 0 aromatic heterocycles. The summed E-state index contributed by atoms with van der Waals surface area (Å²) in [6, 6.07) is 12.1. The van der Waals surface area contributed by atoms with Crippen LogP contribution in [-0.2, 0) is 17.9 Å². The Morgan fingerprint density at radius 1 is 1.08 bits per heavy atom. The maximum absolute atomic E-state index is 13.2. The summed E-state index contributed by atoms with van der Waals surface area (Å²) in [5.74, 6) is -0.473. The van der Waals surface area contributed by atoms with Crippen LogP contribution in [0.15, 0.2) is 42.5 Å². The predicted molar refractivity (Wildman–Crippen MR) is 99.1 cm³/mol. The Kier molecular flexibility index (Phi) is 6.86. The highest BCUT2D eigenvalue weighted by atomic mass is 19.1. The van der Waals surface area contributed by atoms with Crippen LogP contribution in [0.4, 0.5) is 4.39 Å². The zero-order valence-corrected chi connectivity index (χ0v) is 15.3. The molecule has 0 unspecified atom stereocenters. The van der Waals surface area contributed by atoms with Crippen molar-refractivity contribution in [1.82, 2.24) is 15.5 Å². The zero-order valence-electron chi connectivity index (χ0n) is 15.3. The molecule has 2 aromatic rings. The van der Waals surface area contributed by atoms with Gasteiger partial charge in [-0.15, -0.1) is 0 Å². The smallest absolute Gasteiger partial charge is 0.251 e. The lowest BCUT2D eigenvalue weighted by Crippen LogP contribution is -2.34. The van der Waals surface area contributed by atoms with Crippen LogP contribution in [0, 0.1) is 12.7 Å². The molecule has 0 radical (unpaired) electrons. The molecule has 0 atom stereocenters. The predicted octanol–water partition coefficient (Wildman–Crippen LogP) is 2.24. The van der Waals surface area contributed by atoms with Crippen molar-refractivity contribution in [3.8, 4) is 0 Å². The Morgan fingerprint density at radius 3 is 2.35 bits per heavy atom. The Balaban J connectivity index is 1.81. The second kappa shape index (κ2) is 9.10. The first-order valence-corrected chi connectivity index (χ1v) is 8.40. The minimum atomic E-state index is -0.248. The van der Waals surface area contributed by atoms with Crippen LogP contribution in [0.25, 0.3) is 0 Å². The van der Waals surface area contributed by atoms with E-state index in [1.165, 1.54) is 6.07 Å². The van der Waals surface area contributed by atoms with Gasteiger partial charge in [0.15, 0.2) is 0 Å². The first kappa shape index (κ1) is 19.6. The van der Waals surface area contributed by atoms with Gasteiger partial charge in [-0.25, -0.2) is 4.39 Å². The number of halogens is 1. The molecule has 0 saturated carbocycles. The Hall–Kier alpha value is -2.73. The fraction of sp³-hybridized carbons (Fsp3) is 0.300. The van der Waals surface area contributed by atoms with Crippen LogP contribution < -0.4 is 10.6 Å². The van der Waals surface area contributed by atoms with Crippen LogP contribution in [-0.4, -0.2) is 37.4 Å². The lowest BCUT2D eigenvalue weighted by Gasteiger charge is -2.16. The summed E-state index contributed by atoms with van der Waals surface area (Å²) < 4.78 is 13.2. The van der Waals surface area contributed by atoms with E-state index in [2.05, 4.69) is 10.6 Å². The van der Waals surface area contributed by atoms with E-state index in [1.807, 2.05) is 24.1 Å². The van der Waals surface area contributed by atoms with E-state index in [1.54, 1.807) is 38.2 Å². The maximum Gasteiger partial charge on any atom is 0.251 e. The SMILES string of the molecule is CNC(=O)c1ccc(CN(C)CC(=O)NCc2ccc(F)c(C)c2)cc1. The fourth-order valence-electron chi connectivity index (χ4n) is 2.59. The molecule has 2 rings (SSSR count). The number of amides is 2. The van der Waals surface area contributed by atoms with E-state index in [0.29, 0.717) is 24.2 Å². The quantitative estimate of drug-likeness (QED) is 0.799. The van der Waals surface area contributed by atoms with Gasteiger partial charge in [-0.3, -0.25) is 14.5 Å². The molecule has 138 valence electrons. The summed E-state index contributed by atoms with van der Waals surface area (Å²) in [7, 11) is 3.45. The van der Waals surface area contributed by atoms with E-state index in [0.717, 1.165) is 11.1 Å². The number of likely N-dealkylation sites (N-methyl/N-ethyl adjacent to an activating group) is 1. The van der Waals surface area contributed by atoms with Gasteiger partial charge in [0.1, 0.15) is 5.82 Å². The molecule has 0 aliphatic rings. The van der Waals surface area contributed by atoms with Crippen LogP contribution in [0.3, 0.4) is 0 Å². The lowest BCUT2D eigenvalue weighted by molar-refractivity contribution is -0.122. The van der Waals surface area contributed by atoms with Crippen molar-refractivity contribution in [3.05, 3.63) is 70.5 Å². The summed E-state index contributed by atoms with van der Waals surface area (Å²) in [5.41, 5.74) is 3.05. The van der Waals surface area contributed by atoms with Crippen LogP contribution in [0.1, 0.15) is 27.0 Å². The second-order valence-electron chi connectivity index (χ2n) is 6.31. The van der Waals surface area contributed by atoms with Gasteiger partial charge in [0.2, 0.25) is 5.91 Å². The second-order valence-corrected chi connectivity index (χ2v) is 6.31. The molecule has 0 fully saturated rings. The highest BCUT2D eigenvalue weighted by Gasteiger charge is 2.09. The molecule has 26 heavy (non-hydrogen) atoms. The molecule has 2 aromatic carbocycles. The molecule has 2 amide bonds. The van der Waals surface area contributed by atoms with Crippen molar-refractivity contribution < 1.29 is 14.0 Å². The van der Waals surface area contributed by atoms with E-state index in [4.69, 9.17) is 0 Å². The summed E-state index contributed by atoms with van der Waals surface area (Å²) in [6.07, 6.45) is 0.